The Morgan fingerprint density at radius 1 is 1.50 bits per heavy atom. The lowest BCUT2D eigenvalue weighted by atomic mass is 10.7. The predicted molar refractivity (Wildman–Crippen MR) is 51.2 cm³/mol. The van der Waals surface area contributed by atoms with Crippen LogP contribution < -0.4 is 11.1 Å². The number of alkyl halides is 3. The molecule has 14 heavy (non-hydrogen) atoms. The van der Waals surface area contributed by atoms with E-state index in [2.05, 4.69) is 10.3 Å². The van der Waals surface area contributed by atoms with Gasteiger partial charge in [-0.05, 0) is 24.6 Å². The normalized spacial score (nSPS) is 18.4. The van der Waals surface area contributed by atoms with Gasteiger partial charge in [0.1, 0.15) is 0 Å². The van der Waals surface area contributed by atoms with Gasteiger partial charge >= 0.3 is 5.51 Å². The highest BCUT2D eigenvalue weighted by molar-refractivity contribution is 8.00. The van der Waals surface area contributed by atoms with Crippen molar-refractivity contribution in [1.82, 2.24) is 5.32 Å². The number of aliphatic imine (C=N–C) groups is 1. The van der Waals surface area contributed by atoms with Gasteiger partial charge in [0.25, 0.3) is 0 Å². The van der Waals surface area contributed by atoms with E-state index in [9.17, 15) is 13.2 Å². The quantitative estimate of drug-likeness (QED) is 0.432. The molecule has 82 valence electrons. The summed E-state index contributed by atoms with van der Waals surface area (Å²) in [6, 6.07) is 0.383. The fourth-order valence-electron chi connectivity index (χ4n) is 0.810. The van der Waals surface area contributed by atoms with Gasteiger partial charge in [0.05, 0.1) is 6.54 Å². The lowest BCUT2D eigenvalue weighted by Crippen LogP contribution is -2.33. The van der Waals surface area contributed by atoms with Crippen LogP contribution in [0.1, 0.15) is 12.8 Å². The van der Waals surface area contributed by atoms with E-state index in [0.29, 0.717) is 6.04 Å². The SMILES string of the molecule is NC(=NCCSC(F)(F)F)NC1CC1. The molecule has 0 aromatic heterocycles. The molecule has 0 heterocycles. The average Bonchev–Trinajstić information content (AvgIpc) is 2.80. The molecule has 0 bridgehead atoms. The number of rotatable bonds is 4. The molecule has 0 aromatic rings. The van der Waals surface area contributed by atoms with Gasteiger partial charge in [-0.3, -0.25) is 4.99 Å². The molecule has 0 atom stereocenters. The molecule has 1 aliphatic carbocycles. The molecule has 0 aliphatic heterocycles. The zero-order chi connectivity index (χ0) is 10.6. The van der Waals surface area contributed by atoms with Crippen LogP contribution in [0.4, 0.5) is 13.2 Å². The van der Waals surface area contributed by atoms with E-state index < -0.39 is 5.51 Å². The van der Waals surface area contributed by atoms with Gasteiger partial charge < -0.3 is 11.1 Å². The fourth-order valence-corrected chi connectivity index (χ4v) is 1.22. The Hall–Kier alpha value is -0.590. The summed E-state index contributed by atoms with van der Waals surface area (Å²) in [5, 5.41) is 2.89. The number of halogens is 3. The summed E-state index contributed by atoms with van der Waals surface area (Å²) < 4.78 is 35.0. The zero-order valence-electron chi connectivity index (χ0n) is 7.47. The molecule has 7 heteroatoms. The molecule has 0 radical (unpaired) electrons. The van der Waals surface area contributed by atoms with Crippen molar-refractivity contribution in [2.75, 3.05) is 12.3 Å². The number of nitrogens with two attached hydrogens (primary N) is 1. The first-order valence-corrected chi connectivity index (χ1v) is 5.23. The predicted octanol–water partition coefficient (Wildman–Crippen LogP) is 1.31. The second-order valence-corrected chi connectivity index (χ2v) is 4.14. The molecule has 1 rings (SSSR count). The maximum absolute atomic E-state index is 11.7. The first kappa shape index (κ1) is 11.5. The van der Waals surface area contributed by atoms with Gasteiger partial charge in [-0.25, -0.2) is 0 Å². The van der Waals surface area contributed by atoms with E-state index >= 15 is 0 Å². The highest BCUT2D eigenvalue weighted by atomic mass is 32.2. The van der Waals surface area contributed by atoms with Crippen molar-refractivity contribution in [1.29, 1.82) is 0 Å². The van der Waals surface area contributed by atoms with Crippen molar-refractivity contribution in [3.63, 3.8) is 0 Å². The summed E-state index contributed by atoms with van der Waals surface area (Å²) in [6.07, 6.45) is 2.13. The molecule has 0 saturated heterocycles. The summed E-state index contributed by atoms with van der Waals surface area (Å²) in [7, 11) is 0. The third-order valence-corrected chi connectivity index (χ3v) is 2.28. The Kier molecular flexibility index (Phi) is 3.91. The molecule has 3 N–H and O–H groups in total. The van der Waals surface area contributed by atoms with Crippen LogP contribution in [0.5, 0.6) is 0 Å². The summed E-state index contributed by atoms with van der Waals surface area (Å²) in [4.78, 5) is 3.77. The molecule has 0 amide bonds. The number of guanidine groups is 1. The third-order valence-electron chi connectivity index (χ3n) is 1.57. The van der Waals surface area contributed by atoms with E-state index in [1.54, 1.807) is 0 Å². The Bertz CT molecular complexity index is 213. The van der Waals surface area contributed by atoms with Crippen LogP contribution in [-0.2, 0) is 0 Å². The zero-order valence-corrected chi connectivity index (χ0v) is 8.29. The third kappa shape index (κ3) is 5.95. The van der Waals surface area contributed by atoms with E-state index in [4.69, 9.17) is 5.73 Å². The second kappa shape index (κ2) is 4.77. The van der Waals surface area contributed by atoms with E-state index in [1.807, 2.05) is 0 Å². The smallest absolute Gasteiger partial charge is 0.370 e. The van der Waals surface area contributed by atoms with Crippen molar-refractivity contribution >= 4 is 17.7 Å². The Labute approximate surface area is 84.3 Å². The molecule has 1 saturated carbocycles. The maximum Gasteiger partial charge on any atom is 0.441 e. The van der Waals surface area contributed by atoms with E-state index in [-0.39, 0.29) is 30.0 Å². The van der Waals surface area contributed by atoms with Crippen molar-refractivity contribution in [3.05, 3.63) is 0 Å². The van der Waals surface area contributed by atoms with Crippen LogP contribution in [0.15, 0.2) is 4.99 Å². The van der Waals surface area contributed by atoms with Crippen molar-refractivity contribution in [2.24, 2.45) is 10.7 Å². The minimum Gasteiger partial charge on any atom is -0.370 e. The van der Waals surface area contributed by atoms with Crippen molar-refractivity contribution in [2.45, 2.75) is 24.4 Å². The molecule has 0 spiro atoms. The molecule has 1 aliphatic rings. The number of thioether (sulfide) groups is 1. The fraction of sp³-hybridized carbons (Fsp3) is 0.857. The molecule has 3 nitrogen and oxygen atoms in total. The van der Waals surface area contributed by atoms with Gasteiger partial charge in [-0.1, -0.05) is 0 Å². The van der Waals surface area contributed by atoms with E-state index in [1.165, 1.54) is 0 Å². The molecule has 1 fully saturated rings. The van der Waals surface area contributed by atoms with Crippen LogP contribution in [-0.4, -0.2) is 29.8 Å². The molecule has 0 aromatic carbocycles. The van der Waals surface area contributed by atoms with Gasteiger partial charge in [-0.15, -0.1) is 0 Å². The number of hydrogen-bond acceptors (Lipinski definition) is 2. The molecular weight excluding hydrogens is 215 g/mol. The van der Waals surface area contributed by atoms with Crippen LogP contribution in [0.25, 0.3) is 0 Å². The summed E-state index contributed by atoms with van der Waals surface area (Å²) in [5.74, 6) is 0.159. The van der Waals surface area contributed by atoms with Crippen LogP contribution in [0.2, 0.25) is 0 Å². The van der Waals surface area contributed by atoms with Gasteiger partial charge in [0.2, 0.25) is 0 Å². The maximum atomic E-state index is 11.7. The standard InChI is InChI=1S/C7H12F3N3S/c8-7(9,10)14-4-3-12-6(11)13-5-1-2-5/h5H,1-4H2,(H3,11,12,13). The van der Waals surface area contributed by atoms with Gasteiger partial charge in [0.15, 0.2) is 5.96 Å². The minimum absolute atomic E-state index is 0.0804. The summed E-state index contributed by atoms with van der Waals surface area (Å²) in [5.41, 5.74) is 1.24. The number of hydrogen-bond donors (Lipinski definition) is 2. The Morgan fingerprint density at radius 3 is 2.64 bits per heavy atom. The lowest BCUT2D eigenvalue weighted by molar-refractivity contribution is -0.0327. The Balaban J connectivity index is 2.06. The first-order valence-electron chi connectivity index (χ1n) is 4.24. The minimum atomic E-state index is -4.17. The van der Waals surface area contributed by atoms with Crippen molar-refractivity contribution in [3.8, 4) is 0 Å². The molecular formula is C7H12F3N3S. The van der Waals surface area contributed by atoms with Gasteiger partial charge in [0, 0.05) is 11.8 Å². The monoisotopic (exact) mass is 227 g/mol. The second-order valence-electron chi connectivity index (χ2n) is 2.98. The number of nitrogens with one attached hydrogen (secondary N) is 1. The topological polar surface area (TPSA) is 50.4 Å². The largest absolute Gasteiger partial charge is 0.441 e. The lowest BCUT2D eigenvalue weighted by Gasteiger charge is -2.04. The van der Waals surface area contributed by atoms with Crippen LogP contribution in [0, 0.1) is 0 Å². The van der Waals surface area contributed by atoms with Crippen molar-refractivity contribution < 1.29 is 13.2 Å². The highest BCUT2D eigenvalue weighted by Gasteiger charge is 2.27. The first-order chi connectivity index (χ1) is 6.47. The average molecular weight is 227 g/mol. The summed E-state index contributed by atoms with van der Waals surface area (Å²) in [6.45, 7) is 0.0930. The highest BCUT2D eigenvalue weighted by Crippen LogP contribution is 2.29. The molecule has 0 unspecified atom stereocenters. The Morgan fingerprint density at radius 2 is 2.14 bits per heavy atom. The van der Waals surface area contributed by atoms with Crippen LogP contribution >= 0.6 is 11.8 Å². The van der Waals surface area contributed by atoms with Crippen LogP contribution in [0.3, 0.4) is 0 Å². The summed E-state index contributed by atoms with van der Waals surface area (Å²) >= 11 is -0.0804. The van der Waals surface area contributed by atoms with Gasteiger partial charge in [-0.2, -0.15) is 13.2 Å². The number of nitrogens with zero attached hydrogens (tertiary/aromatic N) is 1. The van der Waals surface area contributed by atoms with E-state index in [0.717, 1.165) is 12.8 Å².